The van der Waals surface area contributed by atoms with Crippen LogP contribution in [0.4, 0.5) is 11.4 Å². The number of benzene rings is 2. The zero-order valence-corrected chi connectivity index (χ0v) is 15.2. The zero-order chi connectivity index (χ0) is 17.5. The maximum absolute atomic E-state index is 12.5. The smallest absolute Gasteiger partial charge is 0.250 e. The van der Waals surface area contributed by atoms with E-state index in [1.807, 2.05) is 19.2 Å². The lowest BCUT2D eigenvalue weighted by Gasteiger charge is -2.24. The lowest BCUT2D eigenvalue weighted by molar-refractivity contribution is -0.112. The van der Waals surface area contributed by atoms with Crippen molar-refractivity contribution in [3.8, 4) is 0 Å². The van der Waals surface area contributed by atoms with Gasteiger partial charge in [0.1, 0.15) is 0 Å². The van der Waals surface area contributed by atoms with Crippen LogP contribution in [0.5, 0.6) is 0 Å². The molecule has 0 aliphatic carbocycles. The Kier molecular flexibility index (Phi) is 4.33. The molecule has 0 unspecified atom stereocenters. The molecule has 0 atom stereocenters. The quantitative estimate of drug-likeness (QED) is 0.742. The third-order valence-electron chi connectivity index (χ3n) is 4.40. The summed E-state index contributed by atoms with van der Waals surface area (Å²) in [5.41, 5.74) is 3.65. The largest absolute Gasteiger partial charge is 0.347 e. The number of amides is 1. The summed E-state index contributed by atoms with van der Waals surface area (Å²) in [5.74, 6) is -0.198. The number of fused-ring (bicyclic) bond motifs is 1. The number of anilines is 2. The summed E-state index contributed by atoms with van der Waals surface area (Å²) < 4.78 is 0. The van der Waals surface area contributed by atoms with Crippen LogP contribution in [-0.4, -0.2) is 13.0 Å². The molecule has 0 saturated heterocycles. The third-order valence-corrected chi connectivity index (χ3v) is 5.13. The number of para-hydroxylation sites is 1. The van der Waals surface area contributed by atoms with Crippen LogP contribution in [0.3, 0.4) is 0 Å². The van der Waals surface area contributed by atoms with Gasteiger partial charge in [0.2, 0.25) is 5.91 Å². The highest BCUT2D eigenvalue weighted by Gasteiger charge is 2.38. The standard InChI is InChI=1S/C19H18Cl2N2O/c1-19(2)13-6-4-5-7-16(13)23(3)17(19)11-18(24)22-12-8-9-14(20)15(21)10-12/h4-11H,1-3H3,(H,22,24)/b17-11-. The van der Waals surface area contributed by atoms with Crippen molar-refractivity contribution in [2.75, 3.05) is 17.3 Å². The van der Waals surface area contributed by atoms with E-state index in [0.29, 0.717) is 15.7 Å². The third kappa shape index (κ3) is 2.90. The maximum atomic E-state index is 12.5. The van der Waals surface area contributed by atoms with Crippen molar-refractivity contribution in [1.82, 2.24) is 0 Å². The van der Waals surface area contributed by atoms with Crippen LogP contribution in [0.25, 0.3) is 0 Å². The fourth-order valence-electron chi connectivity index (χ4n) is 3.14. The van der Waals surface area contributed by atoms with Gasteiger partial charge in [-0.15, -0.1) is 0 Å². The minimum atomic E-state index is -0.236. The van der Waals surface area contributed by atoms with E-state index in [0.717, 1.165) is 11.4 Å². The Bertz CT molecular complexity index is 843. The lowest BCUT2D eigenvalue weighted by Crippen LogP contribution is -2.25. The summed E-state index contributed by atoms with van der Waals surface area (Å²) in [7, 11) is 1.98. The number of allylic oxidation sites excluding steroid dienone is 1. The van der Waals surface area contributed by atoms with Crippen molar-refractivity contribution >= 4 is 40.5 Å². The molecule has 5 heteroatoms. The second-order valence-corrected chi connectivity index (χ2v) is 7.16. The van der Waals surface area contributed by atoms with Gasteiger partial charge < -0.3 is 10.2 Å². The van der Waals surface area contributed by atoms with Gasteiger partial charge in [-0.1, -0.05) is 55.2 Å². The number of rotatable bonds is 2. The molecule has 0 spiro atoms. The average Bonchev–Trinajstić information content (AvgIpc) is 2.73. The number of carbonyl (C=O) groups is 1. The number of likely N-dealkylation sites (N-methyl/N-ethyl adjacent to an activating group) is 1. The second-order valence-electron chi connectivity index (χ2n) is 6.35. The van der Waals surface area contributed by atoms with E-state index in [-0.39, 0.29) is 11.3 Å². The molecule has 0 aromatic heterocycles. The Morgan fingerprint density at radius 1 is 1.12 bits per heavy atom. The molecule has 0 radical (unpaired) electrons. The molecule has 0 fully saturated rings. The van der Waals surface area contributed by atoms with Crippen LogP contribution in [0.1, 0.15) is 19.4 Å². The van der Waals surface area contributed by atoms with Gasteiger partial charge in [-0.05, 0) is 29.8 Å². The van der Waals surface area contributed by atoms with Crippen LogP contribution in [0, 0.1) is 0 Å². The first-order valence-corrected chi connectivity index (χ1v) is 8.38. The van der Waals surface area contributed by atoms with Crippen molar-refractivity contribution in [3.05, 3.63) is 69.8 Å². The van der Waals surface area contributed by atoms with Gasteiger partial charge in [0.25, 0.3) is 0 Å². The number of nitrogens with zero attached hydrogens (tertiary/aromatic N) is 1. The topological polar surface area (TPSA) is 32.3 Å². The molecule has 2 aromatic carbocycles. The first-order valence-electron chi connectivity index (χ1n) is 7.62. The molecule has 1 N–H and O–H groups in total. The van der Waals surface area contributed by atoms with Gasteiger partial charge in [0.15, 0.2) is 0 Å². The molecule has 0 saturated carbocycles. The lowest BCUT2D eigenvalue weighted by atomic mass is 9.84. The molecule has 1 aliphatic rings. The Balaban J connectivity index is 1.88. The maximum Gasteiger partial charge on any atom is 0.250 e. The second kappa shape index (κ2) is 6.15. The van der Waals surface area contributed by atoms with E-state index in [4.69, 9.17) is 23.2 Å². The predicted molar refractivity (Wildman–Crippen MR) is 101 cm³/mol. The number of halogens is 2. The van der Waals surface area contributed by atoms with Gasteiger partial charge in [-0.25, -0.2) is 0 Å². The molecular weight excluding hydrogens is 343 g/mol. The molecule has 0 bridgehead atoms. The highest BCUT2D eigenvalue weighted by molar-refractivity contribution is 6.42. The fraction of sp³-hybridized carbons (Fsp3) is 0.211. The van der Waals surface area contributed by atoms with Crippen LogP contribution in [0.2, 0.25) is 10.0 Å². The number of hydrogen-bond acceptors (Lipinski definition) is 2. The van der Waals surface area contributed by atoms with Crippen LogP contribution >= 0.6 is 23.2 Å². The van der Waals surface area contributed by atoms with Gasteiger partial charge >= 0.3 is 0 Å². The van der Waals surface area contributed by atoms with Crippen molar-refractivity contribution in [2.45, 2.75) is 19.3 Å². The molecule has 24 heavy (non-hydrogen) atoms. The average molecular weight is 361 g/mol. The summed E-state index contributed by atoms with van der Waals surface area (Å²) in [6.07, 6.45) is 1.64. The van der Waals surface area contributed by atoms with Crippen molar-refractivity contribution in [2.24, 2.45) is 0 Å². The summed E-state index contributed by atoms with van der Waals surface area (Å²) in [6.45, 7) is 4.24. The minimum Gasteiger partial charge on any atom is -0.347 e. The molecule has 124 valence electrons. The molecule has 2 aromatic rings. The van der Waals surface area contributed by atoms with E-state index >= 15 is 0 Å². The molecule has 1 heterocycles. The van der Waals surface area contributed by atoms with Crippen LogP contribution in [-0.2, 0) is 10.2 Å². The molecular formula is C19H18Cl2N2O. The first-order chi connectivity index (χ1) is 11.3. The van der Waals surface area contributed by atoms with Crippen LogP contribution < -0.4 is 10.2 Å². The predicted octanol–water partition coefficient (Wildman–Crippen LogP) is 5.24. The van der Waals surface area contributed by atoms with E-state index in [1.165, 1.54) is 5.56 Å². The number of nitrogens with one attached hydrogen (secondary N) is 1. The highest BCUT2D eigenvalue weighted by Crippen LogP contribution is 2.46. The van der Waals surface area contributed by atoms with Crippen molar-refractivity contribution < 1.29 is 4.79 Å². The molecule has 3 rings (SSSR count). The summed E-state index contributed by atoms with van der Waals surface area (Å²) >= 11 is 11.9. The SMILES string of the molecule is CN1/C(=C\C(=O)Nc2ccc(Cl)c(Cl)c2)C(C)(C)c2ccccc21. The summed E-state index contributed by atoms with van der Waals surface area (Å²) in [6, 6.07) is 13.2. The molecule has 3 nitrogen and oxygen atoms in total. The van der Waals surface area contributed by atoms with E-state index in [9.17, 15) is 4.79 Å². The van der Waals surface area contributed by atoms with E-state index < -0.39 is 0 Å². The number of hydrogen-bond donors (Lipinski definition) is 1. The summed E-state index contributed by atoms with van der Waals surface area (Å²) in [4.78, 5) is 14.5. The Hall–Kier alpha value is -1.97. The monoisotopic (exact) mass is 360 g/mol. The van der Waals surface area contributed by atoms with E-state index in [2.05, 4.69) is 36.2 Å². The Morgan fingerprint density at radius 2 is 1.83 bits per heavy atom. The first kappa shape index (κ1) is 16.9. The fourth-order valence-corrected chi connectivity index (χ4v) is 3.43. The van der Waals surface area contributed by atoms with Crippen molar-refractivity contribution in [1.29, 1.82) is 0 Å². The number of carbonyl (C=O) groups excluding carboxylic acids is 1. The van der Waals surface area contributed by atoms with Gasteiger partial charge in [-0.2, -0.15) is 0 Å². The van der Waals surface area contributed by atoms with Gasteiger partial charge in [0.05, 0.1) is 10.0 Å². The van der Waals surface area contributed by atoms with Gasteiger partial charge in [-0.3, -0.25) is 4.79 Å². The van der Waals surface area contributed by atoms with E-state index in [1.54, 1.807) is 24.3 Å². The van der Waals surface area contributed by atoms with Gasteiger partial charge in [0, 0.05) is 35.6 Å². The summed E-state index contributed by atoms with van der Waals surface area (Å²) in [5, 5.41) is 3.71. The zero-order valence-electron chi connectivity index (χ0n) is 13.7. The minimum absolute atomic E-state index is 0.198. The van der Waals surface area contributed by atoms with Crippen molar-refractivity contribution in [3.63, 3.8) is 0 Å². The Morgan fingerprint density at radius 3 is 2.50 bits per heavy atom. The van der Waals surface area contributed by atoms with Crippen LogP contribution in [0.15, 0.2) is 54.2 Å². The highest BCUT2D eigenvalue weighted by atomic mass is 35.5. The Labute approximate surface area is 151 Å². The molecule has 1 amide bonds. The normalized spacial score (nSPS) is 17.0. The molecule has 1 aliphatic heterocycles.